The van der Waals surface area contributed by atoms with Gasteiger partial charge in [-0.15, -0.1) is 11.6 Å². The highest BCUT2D eigenvalue weighted by atomic mass is 35.5. The number of hydrogen-bond acceptors (Lipinski definition) is 3. The van der Waals surface area contributed by atoms with Crippen molar-refractivity contribution in [3.8, 4) is 0 Å². The number of halogens is 1. The second kappa shape index (κ2) is 5.68. The van der Waals surface area contributed by atoms with Gasteiger partial charge in [-0.3, -0.25) is 10.1 Å². The summed E-state index contributed by atoms with van der Waals surface area (Å²) in [6.45, 7) is 0.383. The van der Waals surface area contributed by atoms with Crippen LogP contribution in [0, 0.1) is 10.1 Å². The minimum Gasteiger partial charge on any atom is -0.383 e. The molecule has 0 aliphatic rings. The van der Waals surface area contributed by atoms with Crippen molar-refractivity contribution in [2.45, 2.75) is 11.8 Å². The van der Waals surface area contributed by atoms with Crippen molar-refractivity contribution < 1.29 is 9.66 Å². The zero-order valence-electron chi connectivity index (χ0n) is 8.35. The minimum absolute atomic E-state index is 0.110. The zero-order chi connectivity index (χ0) is 11.3. The molecule has 0 aromatic heterocycles. The van der Waals surface area contributed by atoms with E-state index >= 15 is 0 Å². The number of rotatable bonds is 5. The van der Waals surface area contributed by atoms with Gasteiger partial charge in [0.25, 0.3) is 5.69 Å². The molecule has 1 atom stereocenters. The van der Waals surface area contributed by atoms with Crippen LogP contribution in [0.2, 0.25) is 0 Å². The topological polar surface area (TPSA) is 52.4 Å². The molecule has 1 rings (SSSR count). The third kappa shape index (κ3) is 3.49. The monoisotopic (exact) mass is 229 g/mol. The molecule has 0 aliphatic carbocycles. The van der Waals surface area contributed by atoms with E-state index in [0.717, 1.165) is 0 Å². The average Bonchev–Trinajstić information content (AvgIpc) is 2.18. The van der Waals surface area contributed by atoms with Gasteiger partial charge < -0.3 is 4.74 Å². The Hall–Kier alpha value is -1.13. The molecule has 0 bridgehead atoms. The smallest absolute Gasteiger partial charge is 0.272 e. The summed E-state index contributed by atoms with van der Waals surface area (Å²) >= 11 is 5.94. The molecule has 4 nitrogen and oxygen atoms in total. The Bertz CT molecular complexity index is 343. The van der Waals surface area contributed by atoms with E-state index in [-0.39, 0.29) is 11.1 Å². The van der Waals surface area contributed by atoms with Crippen molar-refractivity contribution in [2.24, 2.45) is 0 Å². The normalized spacial score (nSPS) is 12.4. The summed E-state index contributed by atoms with van der Waals surface area (Å²) in [5.74, 6) is 0. The van der Waals surface area contributed by atoms with Gasteiger partial charge in [0.15, 0.2) is 0 Å². The summed E-state index contributed by atoms with van der Waals surface area (Å²) in [5, 5.41) is 10.5. The zero-order valence-corrected chi connectivity index (χ0v) is 9.11. The van der Waals surface area contributed by atoms with Crippen LogP contribution in [0.4, 0.5) is 5.69 Å². The second-order valence-corrected chi connectivity index (χ2v) is 3.76. The maximum atomic E-state index is 10.7. The highest BCUT2D eigenvalue weighted by Crippen LogP contribution is 2.20. The third-order valence-corrected chi connectivity index (χ3v) is 2.26. The minimum atomic E-state index is -0.397. The van der Waals surface area contributed by atoms with Crippen LogP contribution in [0.3, 0.4) is 0 Å². The van der Waals surface area contributed by atoms with Gasteiger partial charge in [0, 0.05) is 18.7 Å². The summed E-state index contributed by atoms with van der Waals surface area (Å²) in [4.78, 5) is 10.3. The van der Waals surface area contributed by atoms with E-state index in [2.05, 4.69) is 0 Å². The second-order valence-electron chi connectivity index (χ2n) is 3.14. The van der Waals surface area contributed by atoms with Gasteiger partial charge in [-0.2, -0.15) is 0 Å². The molecule has 1 unspecified atom stereocenters. The van der Waals surface area contributed by atoms with E-state index in [4.69, 9.17) is 16.3 Å². The Morgan fingerprint density at radius 2 is 2.20 bits per heavy atom. The molecule has 0 saturated carbocycles. The van der Waals surface area contributed by atoms with Crippen molar-refractivity contribution in [1.29, 1.82) is 0 Å². The molecule has 1 aromatic rings. The molecule has 15 heavy (non-hydrogen) atoms. The fourth-order valence-corrected chi connectivity index (χ4v) is 1.63. The molecule has 1 aromatic carbocycles. The molecular formula is C10H12ClNO3. The number of methoxy groups -OCH3 is 1. The molecule has 0 N–H and O–H groups in total. The fourth-order valence-electron chi connectivity index (χ4n) is 1.34. The van der Waals surface area contributed by atoms with Crippen LogP contribution in [0.1, 0.15) is 5.56 Å². The van der Waals surface area contributed by atoms with E-state index in [1.165, 1.54) is 6.07 Å². The summed E-state index contributed by atoms with van der Waals surface area (Å²) in [7, 11) is 1.55. The number of ether oxygens (including phenoxy) is 1. The van der Waals surface area contributed by atoms with Gasteiger partial charge in [-0.25, -0.2) is 0 Å². The number of benzene rings is 1. The Labute approximate surface area is 93.0 Å². The molecule has 0 radical (unpaired) electrons. The van der Waals surface area contributed by atoms with Crippen molar-refractivity contribution in [1.82, 2.24) is 0 Å². The lowest BCUT2D eigenvalue weighted by Gasteiger charge is -2.08. The van der Waals surface area contributed by atoms with Crippen LogP contribution in [-0.2, 0) is 11.2 Å². The Balaban J connectivity index is 2.79. The number of nitro groups is 1. The molecular weight excluding hydrogens is 218 g/mol. The maximum absolute atomic E-state index is 10.7. The van der Waals surface area contributed by atoms with E-state index in [9.17, 15) is 10.1 Å². The van der Waals surface area contributed by atoms with Crippen molar-refractivity contribution >= 4 is 17.3 Å². The lowest BCUT2D eigenvalue weighted by atomic mass is 10.1. The Morgan fingerprint density at radius 1 is 1.53 bits per heavy atom. The van der Waals surface area contributed by atoms with Gasteiger partial charge in [0.1, 0.15) is 0 Å². The molecule has 82 valence electrons. The first-order valence-corrected chi connectivity index (χ1v) is 4.94. The predicted octanol–water partition coefficient (Wildman–Crippen LogP) is 2.39. The standard InChI is InChI=1S/C10H12ClNO3/c1-15-7-9(11)6-8-4-2-3-5-10(8)12(13)14/h2-5,9H,6-7H2,1H3. The highest BCUT2D eigenvalue weighted by Gasteiger charge is 2.15. The predicted molar refractivity (Wildman–Crippen MR) is 58.3 cm³/mol. The van der Waals surface area contributed by atoms with E-state index in [0.29, 0.717) is 18.6 Å². The van der Waals surface area contributed by atoms with Crippen LogP contribution >= 0.6 is 11.6 Å². The summed E-state index contributed by atoms with van der Waals surface area (Å²) in [6, 6.07) is 6.59. The quantitative estimate of drug-likeness (QED) is 0.443. The van der Waals surface area contributed by atoms with Crippen LogP contribution < -0.4 is 0 Å². The Morgan fingerprint density at radius 3 is 2.80 bits per heavy atom. The summed E-state index contributed by atoms with van der Waals surface area (Å²) in [5.41, 5.74) is 0.749. The van der Waals surface area contributed by atoms with Gasteiger partial charge in [-0.05, 0) is 6.42 Å². The van der Waals surface area contributed by atoms with Crippen molar-refractivity contribution in [3.05, 3.63) is 39.9 Å². The SMILES string of the molecule is COCC(Cl)Cc1ccccc1[N+](=O)[O-]. The van der Waals surface area contributed by atoms with Gasteiger partial charge in [-0.1, -0.05) is 18.2 Å². The number of nitrogens with zero attached hydrogens (tertiary/aromatic N) is 1. The van der Waals surface area contributed by atoms with Gasteiger partial charge in [0.2, 0.25) is 0 Å². The Kier molecular flexibility index (Phi) is 4.52. The van der Waals surface area contributed by atoms with Gasteiger partial charge >= 0.3 is 0 Å². The number of para-hydroxylation sites is 1. The van der Waals surface area contributed by atoms with E-state index in [1.54, 1.807) is 25.3 Å². The van der Waals surface area contributed by atoms with E-state index < -0.39 is 4.92 Å². The first kappa shape index (κ1) is 11.9. The molecule has 0 spiro atoms. The van der Waals surface area contributed by atoms with Crippen LogP contribution in [0.5, 0.6) is 0 Å². The lowest BCUT2D eigenvalue weighted by Crippen LogP contribution is -2.11. The molecule has 0 heterocycles. The van der Waals surface area contributed by atoms with Gasteiger partial charge in [0.05, 0.1) is 16.9 Å². The first-order chi connectivity index (χ1) is 7.15. The molecule has 0 aliphatic heterocycles. The van der Waals surface area contributed by atoms with Crippen LogP contribution in [-0.4, -0.2) is 24.0 Å². The fraction of sp³-hybridized carbons (Fsp3) is 0.400. The third-order valence-electron chi connectivity index (χ3n) is 1.98. The first-order valence-electron chi connectivity index (χ1n) is 4.50. The number of hydrogen-bond donors (Lipinski definition) is 0. The van der Waals surface area contributed by atoms with E-state index in [1.807, 2.05) is 0 Å². The average molecular weight is 230 g/mol. The molecule has 0 fully saturated rings. The highest BCUT2D eigenvalue weighted by molar-refractivity contribution is 6.20. The van der Waals surface area contributed by atoms with Crippen LogP contribution in [0.15, 0.2) is 24.3 Å². The molecule has 0 saturated heterocycles. The molecule has 5 heteroatoms. The van der Waals surface area contributed by atoms with Crippen molar-refractivity contribution in [3.63, 3.8) is 0 Å². The molecule has 0 amide bonds. The van der Waals surface area contributed by atoms with Crippen LogP contribution in [0.25, 0.3) is 0 Å². The summed E-state index contributed by atoms with van der Waals surface area (Å²) < 4.78 is 4.87. The number of nitro benzene ring substituents is 1. The van der Waals surface area contributed by atoms with Crippen molar-refractivity contribution in [2.75, 3.05) is 13.7 Å². The summed E-state index contributed by atoms with van der Waals surface area (Å²) in [6.07, 6.45) is 0.437. The lowest BCUT2D eigenvalue weighted by molar-refractivity contribution is -0.385. The number of alkyl halides is 1. The maximum Gasteiger partial charge on any atom is 0.272 e. The largest absolute Gasteiger partial charge is 0.383 e.